The van der Waals surface area contributed by atoms with E-state index >= 15 is 0 Å². The fraction of sp³-hybridized carbons (Fsp3) is 0.375. The van der Waals surface area contributed by atoms with Gasteiger partial charge in [-0.05, 0) is 55.4 Å². The summed E-state index contributed by atoms with van der Waals surface area (Å²) >= 11 is 0. The monoisotopic (exact) mass is 229 g/mol. The Hall–Kier alpha value is -1.50. The van der Waals surface area contributed by atoms with E-state index in [0.29, 0.717) is 0 Å². The third-order valence-electron chi connectivity index (χ3n) is 2.98. The van der Waals surface area contributed by atoms with Crippen molar-refractivity contribution in [3.8, 4) is 0 Å². The van der Waals surface area contributed by atoms with Crippen LogP contribution in [0, 0.1) is 0 Å². The summed E-state index contributed by atoms with van der Waals surface area (Å²) in [5, 5.41) is 3.21. The van der Waals surface area contributed by atoms with Crippen molar-refractivity contribution in [3.05, 3.63) is 59.9 Å². The standard InChI is InChI=1S/C16H23N/c1-5-9-13(2)12-16(17-4)14(3)15-10-7-6-8-11-15/h5,9-10,12,17H,2-3,6-8,11H2,1,4H3/b9-5-,16-12-. The minimum atomic E-state index is 0.995. The van der Waals surface area contributed by atoms with Crippen LogP contribution < -0.4 is 5.32 Å². The molecule has 0 radical (unpaired) electrons. The first-order chi connectivity index (χ1) is 8.19. The minimum Gasteiger partial charge on any atom is -0.388 e. The van der Waals surface area contributed by atoms with Crippen LogP contribution in [0.25, 0.3) is 0 Å². The molecule has 1 aliphatic carbocycles. The second kappa shape index (κ2) is 6.95. The Morgan fingerprint density at radius 2 is 2.12 bits per heavy atom. The van der Waals surface area contributed by atoms with Crippen molar-refractivity contribution in [2.75, 3.05) is 7.05 Å². The summed E-state index contributed by atoms with van der Waals surface area (Å²) in [5.41, 5.74) is 4.55. The van der Waals surface area contributed by atoms with Crippen LogP contribution in [-0.2, 0) is 0 Å². The van der Waals surface area contributed by atoms with Gasteiger partial charge in [-0.2, -0.15) is 0 Å². The quantitative estimate of drug-likeness (QED) is 0.694. The molecule has 0 bridgehead atoms. The highest BCUT2D eigenvalue weighted by Gasteiger charge is 2.10. The van der Waals surface area contributed by atoms with Gasteiger partial charge in [-0.25, -0.2) is 0 Å². The smallest absolute Gasteiger partial charge is 0.0413 e. The van der Waals surface area contributed by atoms with E-state index < -0.39 is 0 Å². The molecule has 92 valence electrons. The molecule has 0 atom stereocenters. The summed E-state index contributed by atoms with van der Waals surface area (Å²) in [5.74, 6) is 0. The van der Waals surface area contributed by atoms with Crippen molar-refractivity contribution >= 4 is 0 Å². The lowest BCUT2D eigenvalue weighted by Gasteiger charge is -2.17. The van der Waals surface area contributed by atoms with Gasteiger partial charge in [-0.1, -0.05) is 31.4 Å². The maximum absolute atomic E-state index is 4.20. The molecule has 0 aromatic carbocycles. The van der Waals surface area contributed by atoms with Crippen LogP contribution >= 0.6 is 0 Å². The molecule has 0 aliphatic heterocycles. The number of allylic oxidation sites excluding steroid dienone is 6. The number of nitrogens with one attached hydrogen (secondary N) is 1. The lowest BCUT2D eigenvalue weighted by molar-refractivity contribution is 0.705. The van der Waals surface area contributed by atoms with Crippen LogP contribution in [-0.4, -0.2) is 7.05 Å². The van der Waals surface area contributed by atoms with E-state index in [1.165, 1.54) is 24.8 Å². The van der Waals surface area contributed by atoms with E-state index in [2.05, 4.69) is 30.6 Å². The van der Waals surface area contributed by atoms with E-state index in [-0.39, 0.29) is 0 Å². The molecule has 1 nitrogen and oxygen atoms in total. The molecule has 1 rings (SSSR count). The van der Waals surface area contributed by atoms with Crippen LogP contribution in [0.15, 0.2) is 59.9 Å². The Kier molecular flexibility index (Phi) is 5.55. The number of likely N-dealkylation sites (N-methyl/N-ethyl adjacent to an activating group) is 1. The molecular formula is C16H23N. The predicted molar refractivity (Wildman–Crippen MR) is 76.8 cm³/mol. The zero-order valence-electron chi connectivity index (χ0n) is 11.1. The third-order valence-corrected chi connectivity index (χ3v) is 2.98. The first-order valence-corrected chi connectivity index (χ1v) is 6.28. The van der Waals surface area contributed by atoms with Crippen molar-refractivity contribution in [3.63, 3.8) is 0 Å². The molecule has 0 amide bonds. The minimum absolute atomic E-state index is 0.995. The van der Waals surface area contributed by atoms with Gasteiger partial charge in [-0.15, -0.1) is 0 Å². The van der Waals surface area contributed by atoms with Crippen molar-refractivity contribution < 1.29 is 0 Å². The van der Waals surface area contributed by atoms with Gasteiger partial charge in [0.05, 0.1) is 0 Å². The molecule has 0 saturated carbocycles. The normalized spacial score (nSPS) is 16.8. The van der Waals surface area contributed by atoms with Gasteiger partial charge in [0.2, 0.25) is 0 Å². The SMILES string of the molecule is C=C(/C=C\C)/C=C(\NC)C(=C)C1=CCCCC1. The number of hydrogen-bond acceptors (Lipinski definition) is 1. The molecular weight excluding hydrogens is 206 g/mol. The molecule has 0 aromatic rings. The zero-order valence-corrected chi connectivity index (χ0v) is 11.1. The lowest BCUT2D eigenvalue weighted by atomic mass is 9.92. The van der Waals surface area contributed by atoms with Gasteiger partial charge in [0.15, 0.2) is 0 Å². The Balaban J connectivity index is 2.83. The van der Waals surface area contributed by atoms with Crippen LogP contribution in [0.5, 0.6) is 0 Å². The topological polar surface area (TPSA) is 12.0 Å². The second-order valence-corrected chi connectivity index (χ2v) is 4.34. The summed E-state index contributed by atoms with van der Waals surface area (Å²) in [6, 6.07) is 0. The summed E-state index contributed by atoms with van der Waals surface area (Å²) in [4.78, 5) is 0. The van der Waals surface area contributed by atoms with Gasteiger partial charge in [0.25, 0.3) is 0 Å². The highest BCUT2D eigenvalue weighted by molar-refractivity contribution is 5.47. The molecule has 0 heterocycles. The largest absolute Gasteiger partial charge is 0.388 e. The number of rotatable bonds is 5. The second-order valence-electron chi connectivity index (χ2n) is 4.34. The van der Waals surface area contributed by atoms with E-state index in [1.807, 2.05) is 26.1 Å². The highest BCUT2D eigenvalue weighted by Crippen LogP contribution is 2.26. The maximum atomic E-state index is 4.20. The fourth-order valence-corrected chi connectivity index (χ4v) is 2.04. The van der Waals surface area contributed by atoms with Gasteiger partial charge >= 0.3 is 0 Å². The average molecular weight is 229 g/mol. The fourth-order valence-electron chi connectivity index (χ4n) is 2.04. The van der Waals surface area contributed by atoms with Crippen molar-refractivity contribution in [1.29, 1.82) is 0 Å². The summed E-state index contributed by atoms with van der Waals surface area (Å²) in [7, 11) is 1.93. The Bertz CT molecular complexity index is 380. The molecule has 0 saturated heterocycles. The molecule has 0 fully saturated rings. The molecule has 0 spiro atoms. The Morgan fingerprint density at radius 1 is 1.35 bits per heavy atom. The van der Waals surface area contributed by atoms with Crippen molar-refractivity contribution in [2.24, 2.45) is 0 Å². The molecule has 1 aliphatic rings. The van der Waals surface area contributed by atoms with Crippen molar-refractivity contribution in [1.82, 2.24) is 5.32 Å². The summed E-state index contributed by atoms with van der Waals surface area (Å²) in [6.07, 6.45) is 13.3. The first kappa shape index (κ1) is 13.6. The first-order valence-electron chi connectivity index (χ1n) is 6.28. The van der Waals surface area contributed by atoms with Crippen LogP contribution in [0.1, 0.15) is 32.6 Å². The Morgan fingerprint density at radius 3 is 2.65 bits per heavy atom. The predicted octanol–water partition coefficient (Wildman–Crippen LogP) is 4.28. The van der Waals surface area contributed by atoms with Gasteiger partial charge in [0, 0.05) is 12.7 Å². The Labute approximate surface area is 105 Å². The van der Waals surface area contributed by atoms with Crippen LogP contribution in [0.3, 0.4) is 0 Å². The van der Waals surface area contributed by atoms with E-state index in [0.717, 1.165) is 23.3 Å². The molecule has 0 unspecified atom stereocenters. The molecule has 1 N–H and O–H groups in total. The third kappa shape index (κ3) is 4.10. The summed E-state index contributed by atoms with van der Waals surface area (Å²) in [6.45, 7) is 10.2. The van der Waals surface area contributed by atoms with Crippen LogP contribution in [0.4, 0.5) is 0 Å². The van der Waals surface area contributed by atoms with E-state index in [4.69, 9.17) is 0 Å². The van der Waals surface area contributed by atoms with Crippen molar-refractivity contribution in [2.45, 2.75) is 32.6 Å². The average Bonchev–Trinajstić information content (AvgIpc) is 2.36. The van der Waals surface area contributed by atoms with Gasteiger partial charge in [0.1, 0.15) is 0 Å². The molecule has 1 heteroatoms. The number of hydrogen-bond donors (Lipinski definition) is 1. The van der Waals surface area contributed by atoms with Crippen LogP contribution in [0.2, 0.25) is 0 Å². The lowest BCUT2D eigenvalue weighted by Crippen LogP contribution is -2.10. The van der Waals surface area contributed by atoms with Gasteiger partial charge in [-0.3, -0.25) is 0 Å². The van der Waals surface area contributed by atoms with E-state index in [1.54, 1.807) is 0 Å². The zero-order chi connectivity index (χ0) is 12.7. The van der Waals surface area contributed by atoms with E-state index in [9.17, 15) is 0 Å². The maximum Gasteiger partial charge on any atom is 0.0413 e. The van der Waals surface area contributed by atoms with Gasteiger partial charge < -0.3 is 5.32 Å². The summed E-state index contributed by atoms with van der Waals surface area (Å²) < 4.78 is 0. The molecule has 0 aromatic heterocycles. The highest BCUT2D eigenvalue weighted by atomic mass is 14.8. The molecule has 17 heavy (non-hydrogen) atoms.